The van der Waals surface area contributed by atoms with Crippen LogP contribution in [-0.2, 0) is 6.42 Å². The molecule has 0 aliphatic heterocycles. The summed E-state index contributed by atoms with van der Waals surface area (Å²) in [4.78, 5) is 8.99. The van der Waals surface area contributed by atoms with Gasteiger partial charge in [0.05, 0.1) is 23.8 Å². The van der Waals surface area contributed by atoms with Crippen molar-refractivity contribution in [2.24, 2.45) is 4.99 Å². The Bertz CT molecular complexity index is 735. The third-order valence-electron chi connectivity index (χ3n) is 3.93. The summed E-state index contributed by atoms with van der Waals surface area (Å²) in [7, 11) is 0. The van der Waals surface area contributed by atoms with E-state index in [9.17, 15) is 5.11 Å². The quantitative estimate of drug-likeness (QED) is 0.186. The van der Waals surface area contributed by atoms with Gasteiger partial charge in [0, 0.05) is 30.6 Å². The number of nitrogens with zero attached hydrogens (tertiary/aromatic N) is 2. The molecule has 0 saturated heterocycles. The molecule has 162 valence electrons. The van der Waals surface area contributed by atoms with E-state index in [2.05, 4.69) is 26.0 Å². The van der Waals surface area contributed by atoms with Crippen molar-refractivity contribution in [3.8, 4) is 5.75 Å². The van der Waals surface area contributed by atoms with Crippen LogP contribution in [0, 0.1) is 6.92 Å². The second-order valence-corrected chi connectivity index (χ2v) is 7.83. The second-order valence-electron chi connectivity index (χ2n) is 6.88. The van der Waals surface area contributed by atoms with E-state index in [0.29, 0.717) is 6.54 Å². The van der Waals surface area contributed by atoms with E-state index in [1.807, 2.05) is 52.0 Å². The van der Waals surface area contributed by atoms with Gasteiger partial charge >= 0.3 is 0 Å². The Morgan fingerprint density at radius 2 is 1.97 bits per heavy atom. The fourth-order valence-corrected chi connectivity index (χ4v) is 3.45. The molecule has 2 aromatic rings. The highest BCUT2D eigenvalue weighted by molar-refractivity contribution is 14.0. The Kier molecular flexibility index (Phi) is 12.2. The van der Waals surface area contributed by atoms with Gasteiger partial charge in [0.1, 0.15) is 5.75 Å². The van der Waals surface area contributed by atoms with Gasteiger partial charge in [-0.3, -0.25) is 4.99 Å². The van der Waals surface area contributed by atoms with Crippen LogP contribution in [-0.4, -0.2) is 41.8 Å². The number of aromatic nitrogens is 1. The first-order chi connectivity index (χ1) is 13.5. The number of aryl methyl sites for hydroxylation is 2. The number of hydrogen-bond acceptors (Lipinski definition) is 5. The SMILES string of the molecule is CCNC(=NCC(O)c1ccc(OC(C)C)cc1)NCCCc1nc(C)cs1.I. The predicted octanol–water partition coefficient (Wildman–Crippen LogP) is 4.08. The molecule has 0 fully saturated rings. The lowest BCUT2D eigenvalue weighted by Gasteiger charge is -2.14. The number of nitrogens with one attached hydrogen (secondary N) is 2. The van der Waals surface area contributed by atoms with Crippen molar-refractivity contribution >= 4 is 41.3 Å². The van der Waals surface area contributed by atoms with E-state index < -0.39 is 6.10 Å². The number of hydrogen-bond donors (Lipinski definition) is 3. The number of aliphatic imine (C=N–C) groups is 1. The van der Waals surface area contributed by atoms with Crippen molar-refractivity contribution < 1.29 is 9.84 Å². The third-order valence-corrected chi connectivity index (χ3v) is 4.96. The molecular weight excluding hydrogens is 499 g/mol. The Labute approximate surface area is 195 Å². The summed E-state index contributed by atoms with van der Waals surface area (Å²) >= 11 is 1.71. The number of ether oxygens (including phenoxy) is 1. The highest BCUT2D eigenvalue weighted by atomic mass is 127. The van der Waals surface area contributed by atoms with Gasteiger partial charge in [-0.15, -0.1) is 35.3 Å². The molecular formula is C21H33IN4O2S. The number of guanidine groups is 1. The molecule has 0 bridgehead atoms. The van der Waals surface area contributed by atoms with Crippen molar-refractivity contribution in [2.75, 3.05) is 19.6 Å². The maximum Gasteiger partial charge on any atom is 0.191 e. The Morgan fingerprint density at radius 3 is 2.55 bits per heavy atom. The van der Waals surface area contributed by atoms with E-state index in [4.69, 9.17) is 4.74 Å². The van der Waals surface area contributed by atoms with E-state index in [0.717, 1.165) is 48.9 Å². The van der Waals surface area contributed by atoms with Gasteiger partial charge < -0.3 is 20.5 Å². The van der Waals surface area contributed by atoms with Gasteiger partial charge in [-0.2, -0.15) is 0 Å². The molecule has 3 N–H and O–H groups in total. The highest BCUT2D eigenvalue weighted by Gasteiger charge is 2.08. The van der Waals surface area contributed by atoms with Gasteiger partial charge in [-0.1, -0.05) is 12.1 Å². The first-order valence-electron chi connectivity index (χ1n) is 9.85. The summed E-state index contributed by atoms with van der Waals surface area (Å²) in [6.45, 7) is 9.90. The van der Waals surface area contributed by atoms with Crippen LogP contribution in [0.4, 0.5) is 0 Å². The average Bonchev–Trinajstić information content (AvgIpc) is 3.08. The van der Waals surface area contributed by atoms with Crippen molar-refractivity contribution in [3.05, 3.63) is 45.9 Å². The predicted molar refractivity (Wildman–Crippen MR) is 132 cm³/mol. The fourth-order valence-electron chi connectivity index (χ4n) is 2.63. The maximum atomic E-state index is 10.4. The molecule has 0 spiro atoms. The van der Waals surface area contributed by atoms with Crippen LogP contribution in [0.5, 0.6) is 5.75 Å². The molecule has 2 rings (SSSR count). The van der Waals surface area contributed by atoms with Crippen molar-refractivity contribution in [1.29, 1.82) is 0 Å². The molecule has 1 aromatic heterocycles. The molecule has 1 aromatic carbocycles. The Hall–Kier alpha value is -1.39. The number of thiazole rings is 1. The third kappa shape index (κ3) is 9.77. The zero-order valence-electron chi connectivity index (χ0n) is 17.6. The molecule has 8 heteroatoms. The monoisotopic (exact) mass is 532 g/mol. The van der Waals surface area contributed by atoms with E-state index in [1.165, 1.54) is 5.01 Å². The smallest absolute Gasteiger partial charge is 0.191 e. The standard InChI is InChI=1S/C21H32N4O2S.HI/c1-5-22-21(23-12-6-7-20-25-16(4)14-28-20)24-13-19(26)17-8-10-18(11-9-17)27-15(2)3;/h8-11,14-15,19,26H,5-7,12-13H2,1-4H3,(H2,22,23,24);1H. The van der Waals surface area contributed by atoms with Crippen LogP contribution >= 0.6 is 35.3 Å². The van der Waals surface area contributed by atoms with E-state index >= 15 is 0 Å². The molecule has 1 atom stereocenters. The van der Waals surface area contributed by atoms with Crippen molar-refractivity contribution in [3.63, 3.8) is 0 Å². The van der Waals surface area contributed by atoms with Crippen LogP contribution in [0.15, 0.2) is 34.6 Å². The number of aliphatic hydroxyl groups excluding tert-OH is 1. The van der Waals surface area contributed by atoms with Crippen LogP contribution in [0.25, 0.3) is 0 Å². The molecule has 1 heterocycles. The summed E-state index contributed by atoms with van der Waals surface area (Å²) in [5, 5.41) is 20.2. The molecule has 0 aliphatic carbocycles. The van der Waals surface area contributed by atoms with Gasteiger partial charge in [0.15, 0.2) is 5.96 Å². The number of benzene rings is 1. The number of halogens is 1. The lowest BCUT2D eigenvalue weighted by Crippen LogP contribution is -2.38. The first-order valence-corrected chi connectivity index (χ1v) is 10.7. The largest absolute Gasteiger partial charge is 0.491 e. The summed E-state index contributed by atoms with van der Waals surface area (Å²) < 4.78 is 5.63. The molecule has 0 radical (unpaired) electrons. The van der Waals surface area contributed by atoms with Gasteiger partial charge in [-0.25, -0.2) is 4.98 Å². The summed E-state index contributed by atoms with van der Waals surface area (Å²) in [6, 6.07) is 7.53. The number of rotatable bonds is 10. The highest BCUT2D eigenvalue weighted by Crippen LogP contribution is 2.19. The molecule has 29 heavy (non-hydrogen) atoms. The average molecular weight is 532 g/mol. The van der Waals surface area contributed by atoms with Gasteiger partial charge in [-0.05, 0) is 51.8 Å². The fraction of sp³-hybridized carbons (Fsp3) is 0.524. The molecule has 0 amide bonds. The summed E-state index contributed by atoms with van der Waals surface area (Å²) in [6.07, 6.45) is 1.42. The Balaban J connectivity index is 0.00000420. The minimum Gasteiger partial charge on any atom is -0.491 e. The molecule has 6 nitrogen and oxygen atoms in total. The van der Waals surface area contributed by atoms with Crippen molar-refractivity contribution in [1.82, 2.24) is 15.6 Å². The van der Waals surface area contributed by atoms with E-state index in [-0.39, 0.29) is 30.1 Å². The van der Waals surface area contributed by atoms with Crippen molar-refractivity contribution in [2.45, 2.75) is 52.7 Å². The van der Waals surface area contributed by atoms with E-state index in [1.54, 1.807) is 11.3 Å². The molecule has 0 aliphatic rings. The summed E-state index contributed by atoms with van der Waals surface area (Å²) in [5.74, 6) is 1.52. The zero-order valence-corrected chi connectivity index (χ0v) is 20.8. The minimum absolute atomic E-state index is 0. The molecule has 1 unspecified atom stereocenters. The maximum absolute atomic E-state index is 10.4. The first kappa shape index (κ1) is 25.6. The second kappa shape index (κ2) is 13.8. The van der Waals surface area contributed by atoms with Crippen LogP contribution in [0.3, 0.4) is 0 Å². The lowest BCUT2D eigenvalue weighted by atomic mass is 10.1. The van der Waals surface area contributed by atoms with Crippen LogP contribution in [0.1, 0.15) is 49.6 Å². The summed E-state index contributed by atoms with van der Waals surface area (Å²) in [5.41, 5.74) is 1.91. The van der Waals surface area contributed by atoms with Crippen LogP contribution < -0.4 is 15.4 Å². The van der Waals surface area contributed by atoms with Gasteiger partial charge in [0.25, 0.3) is 0 Å². The zero-order chi connectivity index (χ0) is 20.4. The molecule has 0 saturated carbocycles. The minimum atomic E-state index is -0.651. The van der Waals surface area contributed by atoms with Crippen LogP contribution in [0.2, 0.25) is 0 Å². The topological polar surface area (TPSA) is 78.8 Å². The number of aliphatic hydroxyl groups is 1. The lowest BCUT2D eigenvalue weighted by molar-refractivity contribution is 0.186. The Morgan fingerprint density at radius 1 is 1.24 bits per heavy atom. The van der Waals surface area contributed by atoms with Gasteiger partial charge in [0.2, 0.25) is 0 Å². The normalized spacial score (nSPS) is 12.4.